The van der Waals surface area contributed by atoms with Crippen molar-refractivity contribution < 1.29 is 23.8 Å². The van der Waals surface area contributed by atoms with Crippen molar-refractivity contribution in [3.05, 3.63) is 12.7 Å². The van der Waals surface area contributed by atoms with E-state index in [0.29, 0.717) is 38.9 Å². The number of allylic oxidation sites excluding steroid dienone is 1. The van der Waals surface area contributed by atoms with Gasteiger partial charge in [-0.3, -0.25) is 9.59 Å². The fourth-order valence-electron chi connectivity index (χ4n) is 2.38. The molecule has 1 saturated heterocycles. The molecule has 0 spiro atoms. The van der Waals surface area contributed by atoms with E-state index in [-0.39, 0.29) is 18.7 Å². The maximum Gasteiger partial charge on any atom is 0.319 e. The highest BCUT2D eigenvalue weighted by Crippen LogP contribution is 2.34. The molecule has 1 aliphatic rings. The lowest BCUT2D eigenvalue weighted by atomic mass is 9.75. The molecule has 1 fully saturated rings. The van der Waals surface area contributed by atoms with Gasteiger partial charge in [-0.25, -0.2) is 0 Å². The van der Waals surface area contributed by atoms with E-state index < -0.39 is 11.4 Å². The highest BCUT2D eigenvalue weighted by molar-refractivity contribution is 6.02. The number of ether oxygens (including phenoxy) is 3. The van der Waals surface area contributed by atoms with E-state index in [2.05, 4.69) is 6.58 Å². The number of carbonyl (C=O) groups excluding carboxylic acids is 2. The molecule has 5 nitrogen and oxygen atoms in total. The van der Waals surface area contributed by atoms with Crippen LogP contribution in [0.4, 0.5) is 0 Å². The minimum Gasteiger partial charge on any atom is -0.465 e. The average Bonchev–Trinajstić information content (AvgIpc) is 2.92. The summed E-state index contributed by atoms with van der Waals surface area (Å²) in [7, 11) is 0. The maximum atomic E-state index is 12.3. The van der Waals surface area contributed by atoms with Crippen LogP contribution in [0.1, 0.15) is 39.5 Å². The van der Waals surface area contributed by atoms with Crippen molar-refractivity contribution in [3.63, 3.8) is 0 Å². The van der Waals surface area contributed by atoms with Crippen LogP contribution in [-0.2, 0) is 23.8 Å². The van der Waals surface area contributed by atoms with Gasteiger partial charge in [0.05, 0.1) is 19.8 Å². The summed E-state index contributed by atoms with van der Waals surface area (Å²) in [6.07, 6.45) is 3.27. The van der Waals surface area contributed by atoms with Gasteiger partial charge in [0.25, 0.3) is 0 Å². The number of hydrogen-bond donors (Lipinski definition) is 0. The fourth-order valence-corrected chi connectivity index (χ4v) is 2.38. The van der Waals surface area contributed by atoms with Gasteiger partial charge in [-0.1, -0.05) is 6.08 Å². The van der Waals surface area contributed by atoms with Crippen LogP contribution >= 0.6 is 0 Å². The van der Waals surface area contributed by atoms with Gasteiger partial charge in [-0.05, 0) is 39.5 Å². The molecule has 1 unspecified atom stereocenters. The summed E-state index contributed by atoms with van der Waals surface area (Å²) in [4.78, 5) is 24.3. The van der Waals surface area contributed by atoms with Gasteiger partial charge in [0.1, 0.15) is 11.2 Å². The van der Waals surface area contributed by atoms with Crippen LogP contribution in [0.15, 0.2) is 12.7 Å². The van der Waals surface area contributed by atoms with Crippen LogP contribution in [0.3, 0.4) is 0 Å². The first-order chi connectivity index (χ1) is 9.56. The second-order valence-electron chi connectivity index (χ2n) is 4.90. The summed E-state index contributed by atoms with van der Waals surface area (Å²) in [5.74, 6) is -0.622. The van der Waals surface area contributed by atoms with Crippen LogP contribution in [0.2, 0.25) is 0 Å². The number of Topliss-reactive ketones (excluding diaryl/α,β-unsaturated/α-hetero) is 1. The molecule has 0 aromatic carbocycles. The van der Waals surface area contributed by atoms with Crippen LogP contribution in [0, 0.1) is 5.41 Å². The predicted molar refractivity (Wildman–Crippen MR) is 74.1 cm³/mol. The van der Waals surface area contributed by atoms with Gasteiger partial charge < -0.3 is 14.2 Å². The highest BCUT2D eigenvalue weighted by Gasteiger charge is 2.44. The van der Waals surface area contributed by atoms with Gasteiger partial charge in [-0.15, -0.1) is 6.58 Å². The molecule has 0 radical (unpaired) electrons. The number of rotatable bonds is 9. The molecule has 1 heterocycles. The third kappa shape index (κ3) is 4.15. The largest absolute Gasteiger partial charge is 0.465 e. The summed E-state index contributed by atoms with van der Waals surface area (Å²) in [5.41, 5.74) is -1.11. The molecular formula is C15H24O5. The fraction of sp³-hybridized carbons (Fsp3) is 0.733. The molecule has 0 amide bonds. The van der Waals surface area contributed by atoms with Gasteiger partial charge in [0, 0.05) is 0 Å². The third-order valence-corrected chi connectivity index (χ3v) is 3.61. The summed E-state index contributed by atoms with van der Waals surface area (Å²) in [5, 5.41) is 0. The Morgan fingerprint density at radius 3 is 2.50 bits per heavy atom. The molecule has 1 rings (SSSR count). The number of carbonyl (C=O) groups is 2. The zero-order valence-corrected chi connectivity index (χ0v) is 12.4. The lowest BCUT2D eigenvalue weighted by Crippen LogP contribution is -2.40. The molecular weight excluding hydrogens is 260 g/mol. The molecule has 5 heteroatoms. The van der Waals surface area contributed by atoms with Gasteiger partial charge in [0.2, 0.25) is 0 Å². The molecule has 1 atom stereocenters. The molecule has 20 heavy (non-hydrogen) atoms. The van der Waals surface area contributed by atoms with E-state index in [1.165, 1.54) is 6.92 Å². The minimum absolute atomic E-state index is 0.171. The zero-order valence-electron chi connectivity index (χ0n) is 12.4. The van der Waals surface area contributed by atoms with Crippen molar-refractivity contribution >= 4 is 11.8 Å². The smallest absolute Gasteiger partial charge is 0.319 e. The van der Waals surface area contributed by atoms with E-state index >= 15 is 0 Å². The topological polar surface area (TPSA) is 61.8 Å². The van der Waals surface area contributed by atoms with Crippen molar-refractivity contribution in [2.75, 3.05) is 19.8 Å². The van der Waals surface area contributed by atoms with Crippen molar-refractivity contribution in [1.29, 1.82) is 0 Å². The second kappa shape index (κ2) is 8.17. The van der Waals surface area contributed by atoms with Crippen molar-refractivity contribution in [2.24, 2.45) is 5.41 Å². The summed E-state index contributed by atoms with van der Waals surface area (Å²) in [6, 6.07) is 0. The van der Waals surface area contributed by atoms with E-state index in [4.69, 9.17) is 14.2 Å². The number of ketones is 1. The Bertz CT molecular complexity index is 346. The Balaban J connectivity index is 2.79. The number of hydrogen-bond acceptors (Lipinski definition) is 5. The van der Waals surface area contributed by atoms with Crippen molar-refractivity contribution in [2.45, 2.75) is 45.8 Å². The molecule has 0 aliphatic carbocycles. The Labute approximate surface area is 120 Å². The van der Waals surface area contributed by atoms with Crippen LogP contribution in [0.5, 0.6) is 0 Å². The van der Waals surface area contributed by atoms with Gasteiger partial charge >= 0.3 is 5.97 Å². The first-order valence-corrected chi connectivity index (χ1v) is 7.09. The predicted octanol–water partition coefficient (Wildman–Crippen LogP) is 2.24. The van der Waals surface area contributed by atoms with Gasteiger partial charge in [-0.2, -0.15) is 0 Å². The maximum absolute atomic E-state index is 12.3. The average molecular weight is 284 g/mol. The molecule has 1 aliphatic heterocycles. The first-order valence-electron chi connectivity index (χ1n) is 7.09. The molecule has 0 N–H and O–H groups in total. The van der Waals surface area contributed by atoms with E-state index in [9.17, 15) is 9.59 Å². The second-order valence-corrected chi connectivity index (χ2v) is 4.90. The SMILES string of the molecule is C=CCCC(CCC1OCCO1)(C(C)=O)C(=O)OCC. The first kappa shape index (κ1) is 16.9. The molecule has 0 saturated carbocycles. The Kier molecular flexibility index (Phi) is 6.88. The monoisotopic (exact) mass is 284 g/mol. The Morgan fingerprint density at radius 1 is 1.35 bits per heavy atom. The van der Waals surface area contributed by atoms with Gasteiger partial charge in [0.15, 0.2) is 6.29 Å². The van der Waals surface area contributed by atoms with E-state index in [0.717, 1.165) is 0 Å². The van der Waals surface area contributed by atoms with Crippen LogP contribution in [0.25, 0.3) is 0 Å². The summed E-state index contributed by atoms with van der Waals surface area (Å²) >= 11 is 0. The van der Waals surface area contributed by atoms with Crippen molar-refractivity contribution in [1.82, 2.24) is 0 Å². The van der Waals surface area contributed by atoms with Crippen LogP contribution in [-0.4, -0.2) is 37.9 Å². The van der Waals surface area contributed by atoms with Crippen molar-refractivity contribution in [3.8, 4) is 0 Å². The third-order valence-electron chi connectivity index (χ3n) is 3.61. The quantitative estimate of drug-likeness (QED) is 0.369. The Hall–Kier alpha value is -1.20. The molecule has 0 bridgehead atoms. The lowest BCUT2D eigenvalue weighted by Gasteiger charge is -2.29. The normalized spacial score (nSPS) is 18.5. The van der Waals surface area contributed by atoms with E-state index in [1.54, 1.807) is 13.0 Å². The summed E-state index contributed by atoms with van der Waals surface area (Å²) in [6.45, 7) is 8.21. The highest BCUT2D eigenvalue weighted by atomic mass is 16.7. The molecule has 0 aromatic heterocycles. The van der Waals surface area contributed by atoms with E-state index in [1.807, 2.05) is 0 Å². The summed E-state index contributed by atoms with van der Waals surface area (Å²) < 4.78 is 15.8. The van der Waals surface area contributed by atoms with Crippen LogP contribution < -0.4 is 0 Å². The minimum atomic E-state index is -1.11. The lowest BCUT2D eigenvalue weighted by molar-refractivity contribution is -0.162. The molecule has 0 aromatic rings. The number of esters is 1. The Morgan fingerprint density at radius 2 is 2.00 bits per heavy atom. The standard InChI is InChI=1S/C15H24O5/c1-4-6-8-15(12(3)16,14(17)18-5-2)9-7-13-19-10-11-20-13/h4,13H,1,5-11H2,2-3H3. The molecule has 114 valence electrons. The zero-order chi connectivity index (χ0) is 15.0.